The molecule has 1 fully saturated rings. The molecule has 0 bridgehead atoms. The first-order valence-corrected chi connectivity index (χ1v) is 8.07. The lowest BCUT2D eigenvalue weighted by Gasteiger charge is -2.27. The van der Waals surface area contributed by atoms with E-state index in [0.717, 1.165) is 12.8 Å². The van der Waals surface area contributed by atoms with E-state index in [1.165, 1.54) is 7.11 Å². The number of hydrogen-bond donors (Lipinski definition) is 3. The molecule has 142 valence electrons. The van der Waals surface area contributed by atoms with E-state index >= 15 is 0 Å². The molecule has 1 heterocycles. The van der Waals surface area contributed by atoms with Crippen molar-refractivity contribution in [2.75, 3.05) is 34.0 Å². The molecule has 0 aromatic heterocycles. The highest BCUT2D eigenvalue weighted by atomic mass is 35.5. The standard InChI is InChI=1S/C17H26N2O5.ClH/c1-22-12-3-4-15(23-2)13(9-12)14(20)10-19-17(21)16(18)11-5-7-24-8-6-11;/h3-4,9,11,14,16,20H,5-8,10,18H2,1-2H3,(H,19,21);1H. The molecular weight excluding hydrogens is 348 g/mol. The molecule has 7 nitrogen and oxygen atoms in total. The Bertz CT molecular complexity index is 552. The third-order valence-electron chi connectivity index (χ3n) is 4.34. The molecule has 1 aromatic carbocycles. The Kier molecular flexibility index (Phi) is 8.99. The maximum Gasteiger partial charge on any atom is 0.237 e. The summed E-state index contributed by atoms with van der Waals surface area (Å²) in [5, 5.41) is 13.1. The maximum atomic E-state index is 12.2. The van der Waals surface area contributed by atoms with Gasteiger partial charge in [-0.1, -0.05) is 0 Å². The normalized spacial score (nSPS) is 17.1. The van der Waals surface area contributed by atoms with Crippen LogP contribution in [-0.2, 0) is 9.53 Å². The summed E-state index contributed by atoms with van der Waals surface area (Å²) in [6, 6.07) is 4.56. The molecule has 2 rings (SSSR count). The Balaban J connectivity index is 0.00000312. The number of ether oxygens (including phenoxy) is 3. The van der Waals surface area contributed by atoms with Crippen LogP contribution in [0.4, 0.5) is 0 Å². The molecule has 1 amide bonds. The summed E-state index contributed by atoms with van der Waals surface area (Å²) in [6.45, 7) is 1.32. The van der Waals surface area contributed by atoms with Crippen molar-refractivity contribution in [2.24, 2.45) is 11.7 Å². The van der Waals surface area contributed by atoms with Gasteiger partial charge in [-0.05, 0) is 37.0 Å². The SMILES string of the molecule is COc1ccc(OC)c(C(O)CNC(=O)C(N)C2CCOCC2)c1.Cl. The molecular formula is C17H27ClN2O5. The summed E-state index contributed by atoms with van der Waals surface area (Å²) in [5.74, 6) is 0.992. The van der Waals surface area contributed by atoms with Crippen molar-refractivity contribution in [2.45, 2.75) is 25.0 Å². The van der Waals surface area contributed by atoms with Crippen LogP contribution in [0.15, 0.2) is 18.2 Å². The number of halogens is 1. The highest BCUT2D eigenvalue weighted by Gasteiger charge is 2.27. The zero-order valence-electron chi connectivity index (χ0n) is 14.6. The fourth-order valence-corrected chi connectivity index (χ4v) is 2.81. The average molecular weight is 375 g/mol. The molecule has 2 atom stereocenters. The summed E-state index contributed by atoms with van der Waals surface area (Å²) in [5.41, 5.74) is 6.58. The predicted molar refractivity (Wildman–Crippen MR) is 96.3 cm³/mol. The Morgan fingerprint density at radius 2 is 2.04 bits per heavy atom. The minimum atomic E-state index is -0.916. The number of methoxy groups -OCH3 is 2. The van der Waals surface area contributed by atoms with Gasteiger partial charge in [-0.25, -0.2) is 0 Å². The van der Waals surface area contributed by atoms with E-state index < -0.39 is 12.1 Å². The fraction of sp³-hybridized carbons (Fsp3) is 0.588. The summed E-state index contributed by atoms with van der Waals surface area (Å²) < 4.78 is 15.7. The Hall–Kier alpha value is -1.54. The van der Waals surface area contributed by atoms with Gasteiger partial charge < -0.3 is 30.4 Å². The van der Waals surface area contributed by atoms with Gasteiger partial charge >= 0.3 is 0 Å². The number of aliphatic hydroxyl groups is 1. The smallest absolute Gasteiger partial charge is 0.237 e. The summed E-state index contributed by atoms with van der Waals surface area (Å²) >= 11 is 0. The summed E-state index contributed by atoms with van der Waals surface area (Å²) in [7, 11) is 3.07. The van der Waals surface area contributed by atoms with Crippen LogP contribution in [-0.4, -0.2) is 51.0 Å². The number of amides is 1. The number of carbonyl (C=O) groups is 1. The lowest BCUT2D eigenvalue weighted by atomic mass is 9.92. The van der Waals surface area contributed by atoms with Crippen molar-refractivity contribution in [1.82, 2.24) is 5.32 Å². The molecule has 8 heteroatoms. The van der Waals surface area contributed by atoms with Crippen molar-refractivity contribution in [3.05, 3.63) is 23.8 Å². The van der Waals surface area contributed by atoms with Crippen LogP contribution in [0.2, 0.25) is 0 Å². The van der Waals surface area contributed by atoms with Gasteiger partial charge in [0.15, 0.2) is 0 Å². The Labute approximate surface area is 154 Å². The van der Waals surface area contributed by atoms with E-state index in [1.807, 2.05) is 0 Å². The highest BCUT2D eigenvalue weighted by molar-refractivity contribution is 5.85. The molecule has 0 radical (unpaired) electrons. The molecule has 1 aliphatic heterocycles. The number of nitrogens with one attached hydrogen (secondary N) is 1. The third-order valence-corrected chi connectivity index (χ3v) is 4.34. The lowest BCUT2D eigenvalue weighted by molar-refractivity contribution is -0.124. The van der Waals surface area contributed by atoms with Gasteiger partial charge in [0.1, 0.15) is 11.5 Å². The number of aliphatic hydroxyl groups excluding tert-OH is 1. The summed E-state index contributed by atoms with van der Waals surface area (Å²) in [4.78, 5) is 12.2. The molecule has 2 unspecified atom stereocenters. The van der Waals surface area contributed by atoms with Crippen molar-refractivity contribution < 1.29 is 24.1 Å². The molecule has 0 saturated carbocycles. The van der Waals surface area contributed by atoms with Crippen LogP contribution in [0, 0.1) is 5.92 Å². The molecule has 1 aliphatic rings. The summed E-state index contributed by atoms with van der Waals surface area (Å²) in [6.07, 6.45) is 0.641. The van der Waals surface area contributed by atoms with Crippen LogP contribution in [0.3, 0.4) is 0 Å². The highest BCUT2D eigenvalue weighted by Crippen LogP contribution is 2.29. The van der Waals surface area contributed by atoms with Gasteiger partial charge in [-0.2, -0.15) is 0 Å². The van der Waals surface area contributed by atoms with Gasteiger partial charge in [0.25, 0.3) is 0 Å². The minimum Gasteiger partial charge on any atom is -0.497 e. The van der Waals surface area contributed by atoms with Crippen LogP contribution in [0.5, 0.6) is 11.5 Å². The minimum absolute atomic E-state index is 0. The predicted octanol–water partition coefficient (Wildman–Crippen LogP) is 1.03. The van der Waals surface area contributed by atoms with Crippen LogP contribution >= 0.6 is 12.4 Å². The van der Waals surface area contributed by atoms with Gasteiger partial charge in [0, 0.05) is 25.3 Å². The monoisotopic (exact) mass is 374 g/mol. The number of nitrogens with two attached hydrogens (primary N) is 1. The lowest BCUT2D eigenvalue weighted by Crippen LogP contribution is -2.47. The Morgan fingerprint density at radius 3 is 2.64 bits per heavy atom. The quantitative estimate of drug-likeness (QED) is 0.658. The third kappa shape index (κ3) is 5.74. The van der Waals surface area contributed by atoms with E-state index in [1.54, 1.807) is 25.3 Å². The second-order valence-electron chi connectivity index (χ2n) is 5.84. The average Bonchev–Trinajstić information content (AvgIpc) is 2.65. The van der Waals surface area contributed by atoms with Crippen LogP contribution < -0.4 is 20.5 Å². The van der Waals surface area contributed by atoms with Gasteiger partial charge in [-0.3, -0.25) is 4.79 Å². The van der Waals surface area contributed by atoms with E-state index in [2.05, 4.69) is 5.32 Å². The van der Waals surface area contributed by atoms with Crippen molar-refractivity contribution >= 4 is 18.3 Å². The zero-order chi connectivity index (χ0) is 17.5. The van der Waals surface area contributed by atoms with E-state index in [0.29, 0.717) is 30.3 Å². The maximum absolute atomic E-state index is 12.2. The second-order valence-corrected chi connectivity index (χ2v) is 5.84. The van der Waals surface area contributed by atoms with Gasteiger partial charge in [0.2, 0.25) is 5.91 Å². The number of hydrogen-bond acceptors (Lipinski definition) is 6. The van der Waals surface area contributed by atoms with Crippen LogP contribution in [0.1, 0.15) is 24.5 Å². The zero-order valence-corrected chi connectivity index (χ0v) is 15.4. The molecule has 0 spiro atoms. The van der Waals surface area contributed by atoms with E-state index in [4.69, 9.17) is 19.9 Å². The fourth-order valence-electron chi connectivity index (χ4n) is 2.81. The molecule has 0 aliphatic carbocycles. The van der Waals surface area contributed by atoms with Crippen molar-refractivity contribution in [3.8, 4) is 11.5 Å². The van der Waals surface area contributed by atoms with E-state index in [9.17, 15) is 9.90 Å². The first kappa shape index (κ1) is 21.5. The van der Waals surface area contributed by atoms with E-state index in [-0.39, 0.29) is 30.8 Å². The molecule has 1 aromatic rings. The number of rotatable bonds is 7. The Morgan fingerprint density at radius 1 is 1.36 bits per heavy atom. The van der Waals surface area contributed by atoms with Crippen molar-refractivity contribution in [3.63, 3.8) is 0 Å². The molecule has 25 heavy (non-hydrogen) atoms. The largest absolute Gasteiger partial charge is 0.497 e. The number of benzene rings is 1. The molecule has 1 saturated heterocycles. The topological polar surface area (TPSA) is 103 Å². The number of carbonyl (C=O) groups excluding carboxylic acids is 1. The second kappa shape index (κ2) is 10.5. The first-order valence-electron chi connectivity index (χ1n) is 8.07. The van der Waals surface area contributed by atoms with Crippen LogP contribution in [0.25, 0.3) is 0 Å². The van der Waals surface area contributed by atoms with Gasteiger partial charge in [-0.15, -0.1) is 12.4 Å². The van der Waals surface area contributed by atoms with Gasteiger partial charge in [0.05, 0.1) is 26.4 Å². The molecule has 4 N–H and O–H groups in total. The first-order chi connectivity index (χ1) is 11.6. The van der Waals surface area contributed by atoms with Crippen molar-refractivity contribution in [1.29, 1.82) is 0 Å².